The van der Waals surface area contributed by atoms with Crippen molar-refractivity contribution in [2.75, 3.05) is 18.8 Å². The lowest BCUT2D eigenvalue weighted by molar-refractivity contribution is -0.0520. The lowest BCUT2D eigenvalue weighted by atomic mass is 9.82. The van der Waals surface area contributed by atoms with E-state index in [1.54, 1.807) is 0 Å². The van der Waals surface area contributed by atoms with Crippen LogP contribution in [0.3, 0.4) is 0 Å². The van der Waals surface area contributed by atoms with Crippen LogP contribution in [0.5, 0.6) is 0 Å². The molecule has 28 heavy (non-hydrogen) atoms. The van der Waals surface area contributed by atoms with E-state index in [2.05, 4.69) is 52.1 Å². The fourth-order valence-electron chi connectivity index (χ4n) is 5.89. The lowest BCUT2D eigenvalue weighted by Crippen LogP contribution is -2.61. The number of nitriles is 1. The standard InChI is InChI=1S/C22H30N4OS/c23-14-24-20-17-11-26(12-18(17)20)21(27)22(16-9-5-2-6-10-16)25-19(13-28-22)15-7-3-1-4-8-15/h1,3-4,7-8,16-21,24-25,27H,2,5-6,9-13H2/t17-,18+,19?,20?,21?,22?. The van der Waals surface area contributed by atoms with Crippen molar-refractivity contribution in [3.05, 3.63) is 35.9 Å². The second-order valence-corrected chi connectivity index (χ2v) is 10.3. The molecule has 2 heterocycles. The summed E-state index contributed by atoms with van der Waals surface area (Å²) in [5.41, 5.74) is 1.32. The molecule has 2 aliphatic heterocycles. The number of piperidine rings is 1. The minimum atomic E-state index is -0.468. The Balaban J connectivity index is 1.35. The number of nitrogens with zero attached hydrogens (tertiary/aromatic N) is 2. The number of thioether (sulfide) groups is 1. The highest BCUT2D eigenvalue weighted by atomic mass is 32.2. The van der Waals surface area contributed by atoms with Gasteiger partial charge >= 0.3 is 0 Å². The van der Waals surface area contributed by atoms with Crippen LogP contribution in [0.25, 0.3) is 0 Å². The van der Waals surface area contributed by atoms with Crippen LogP contribution >= 0.6 is 11.8 Å². The number of likely N-dealkylation sites (tertiary alicyclic amines) is 1. The number of hydrogen-bond donors (Lipinski definition) is 3. The van der Waals surface area contributed by atoms with Gasteiger partial charge in [-0.2, -0.15) is 5.26 Å². The molecule has 2 saturated heterocycles. The van der Waals surface area contributed by atoms with Crippen LogP contribution in [-0.4, -0.2) is 46.0 Å². The van der Waals surface area contributed by atoms with E-state index in [1.807, 2.05) is 11.8 Å². The van der Waals surface area contributed by atoms with Gasteiger partial charge in [-0.05, 0) is 36.2 Å². The number of aliphatic hydroxyl groups is 1. The summed E-state index contributed by atoms with van der Waals surface area (Å²) in [6, 6.07) is 11.3. The van der Waals surface area contributed by atoms with Crippen molar-refractivity contribution in [1.29, 1.82) is 5.26 Å². The van der Waals surface area contributed by atoms with Crippen molar-refractivity contribution in [2.45, 2.75) is 55.3 Å². The zero-order chi connectivity index (χ0) is 19.1. The molecule has 4 fully saturated rings. The van der Waals surface area contributed by atoms with Crippen molar-refractivity contribution >= 4 is 11.8 Å². The fraction of sp³-hybridized carbons (Fsp3) is 0.682. The van der Waals surface area contributed by atoms with Crippen molar-refractivity contribution in [2.24, 2.45) is 17.8 Å². The molecule has 0 spiro atoms. The van der Waals surface area contributed by atoms with Crippen LogP contribution in [0.1, 0.15) is 43.7 Å². The third-order valence-electron chi connectivity index (χ3n) is 7.49. The molecule has 2 aliphatic carbocycles. The maximum absolute atomic E-state index is 11.6. The van der Waals surface area contributed by atoms with Crippen molar-refractivity contribution in [1.82, 2.24) is 15.5 Å². The summed E-state index contributed by atoms with van der Waals surface area (Å²) >= 11 is 1.95. The number of hydrogen-bond acceptors (Lipinski definition) is 6. The van der Waals surface area contributed by atoms with Crippen molar-refractivity contribution in [3.8, 4) is 6.19 Å². The first-order chi connectivity index (χ1) is 13.7. The van der Waals surface area contributed by atoms with Crippen molar-refractivity contribution in [3.63, 3.8) is 0 Å². The van der Waals surface area contributed by atoms with E-state index in [-0.39, 0.29) is 4.87 Å². The quantitative estimate of drug-likeness (QED) is 0.523. The molecular weight excluding hydrogens is 368 g/mol. The molecular formula is C22H30N4OS. The van der Waals surface area contributed by atoms with Gasteiger partial charge in [0.25, 0.3) is 0 Å². The van der Waals surface area contributed by atoms with Crippen molar-refractivity contribution < 1.29 is 5.11 Å². The fourth-order valence-corrected chi connectivity index (χ4v) is 7.60. The van der Waals surface area contributed by atoms with E-state index >= 15 is 0 Å². The minimum absolute atomic E-state index is 0.282. The summed E-state index contributed by atoms with van der Waals surface area (Å²) in [6.07, 6.45) is 7.91. The molecule has 0 radical (unpaired) electrons. The molecule has 1 aromatic rings. The predicted octanol–water partition coefficient (Wildman–Crippen LogP) is 2.66. The first-order valence-electron chi connectivity index (χ1n) is 10.8. The summed E-state index contributed by atoms with van der Waals surface area (Å²) in [7, 11) is 0. The lowest BCUT2D eigenvalue weighted by Gasteiger charge is -2.46. The maximum Gasteiger partial charge on any atom is 0.176 e. The molecule has 0 amide bonds. The van der Waals surface area contributed by atoms with E-state index in [4.69, 9.17) is 5.26 Å². The highest BCUT2D eigenvalue weighted by Crippen LogP contribution is 2.52. The highest BCUT2D eigenvalue weighted by molar-refractivity contribution is 8.01. The van der Waals surface area contributed by atoms with Gasteiger partial charge in [-0.25, -0.2) is 0 Å². The van der Waals surface area contributed by atoms with Crippen LogP contribution in [-0.2, 0) is 0 Å². The summed E-state index contributed by atoms with van der Waals surface area (Å²) in [4.78, 5) is 2.00. The first-order valence-corrected chi connectivity index (χ1v) is 11.7. The topological polar surface area (TPSA) is 71.3 Å². The Morgan fingerprint density at radius 1 is 1.18 bits per heavy atom. The SMILES string of the molecule is N#CNC1[C@H]2CN(C(O)C3(C4CCCCC4)NC(c4ccccc4)CS3)C[C@@H]12. The summed E-state index contributed by atoms with van der Waals surface area (Å²) < 4.78 is 0. The van der Waals surface area contributed by atoms with Gasteiger partial charge in [-0.15, -0.1) is 11.8 Å². The van der Waals surface area contributed by atoms with Gasteiger partial charge in [0.1, 0.15) is 11.1 Å². The Morgan fingerprint density at radius 2 is 1.89 bits per heavy atom. The van der Waals surface area contributed by atoms with E-state index in [1.165, 1.54) is 37.7 Å². The van der Waals surface area contributed by atoms with Gasteiger partial charge < -0.3 is 10.4 Å². The third kappa shape index (κ3) is 3.13. The molecule has 3 N–H and O–H groups in total. The normalized spacial score (nSPS) is 39.3. The zero-order valence-corrected chi connectivity index (χ0v) is 17.1. The van der Waals surface area contributed by atoms with E-state index in [0.29, 0.717) is 29.8 Å². The molecule has 5 nitrogen and oxygen atoms in total. The van der Waals surface area contributed by atoms with Crippen LogP contribution in [0.15, 0.2) is 30.3 Å². The molecule has 4 unspecified atom stereocenters. The third-order valence-corrected chi connectivity index (χ3v) is 9.12. The maximum atomic E-state index is 11.6. The molecule has 0 aromatic heterocycles. The molecule has 2 saturated carbocycles. The van der Waals surface area contributed by atoms with Gasteiger partial charge in [-0.3, -0.25) is 10.2 Å². The van der Waals surface area contributed by atoms with Gasteiger partial charge in [0.15, 0.2) is 6.19 Å². The second kappa shape index (κ2) is 7.53. The number of benzene rings is 1. The molecule has 6 atom stereocenters. The Hall–Kier alpha value is -1.26. The molecule has 6 heteroatoms. The van der Waals surface area contributed by atoms with Crippen LogP contribution in [0, 0.1) is 29.2 Å². The number of aliphatic hydroxyl groups excluding tert-OH is 1. The smallest absolute Gasteiger partial charge is 0.176 e. The molecule has 4 aliphatic rings. The van der Waals surface area contributed by atoms with E-state index in [0.717, 1.165) is 18.8 Å². The van der Waals surface area contributed by atoms with Gasteiger partial charge in [0, 0.05) is 30.9 Å². The molecule has 150 valence electrons. The largest absolute Gasteiger partial charge is 0.375 e. The Morgan fingerprint density at radius 3 is 2.57 bits per heavy atom. The monoisotopic (exact) mass is 398 g/mol. The Kier molecular flexibility index (Phi) is 5.04. The van der Waals surface area contributed by atoms with Crippen LogP contribution in [0.4, 0.5) is 0 Å². The van der Waals surface area contributed by atoms with Crippen LogP contribution < -0.4 is 10.6 Å². The van der Waals surface area contributed by atoms with Gasteiger partial charge in [-0.1, -0.05) is 49.6 Å². The second-order valence-electron chi connectivity index (χ2n) is 8.98. The first kappa shape index (κ1) is 18.7. The predicted molar refractivity (Wildman–Crippen MR) is 111 cm³/mol. The zero-order valence-electron chi connectivity index (χ0n) is 16.3. The van der Waals surface area contributed by atoms with Gasteiger partial charge in [0.2, 0.25) is 0 Å². The Labute approximate surface area is 171 Å². The molecule has 1 aromatic carbocycles. The van der Waals surface area contributed by atoms with Crippen LogP contribution in [0.2, 0.25) is 0 Å². The van der Waals surface area contributed by atoms with E-state index < -0.39 is 6.23 Å². The van der Waals surface area contributed by atoms with Gasteiger partial charge in [0.05, 0.1) is 0 Å². The highest BCUT2D eigenvalue weighted by Gasteiger charge is 2.60. The summed E-state index contributed by atoms with van der Waals surface area (Å²) in [5, 5.41) is 27.4. The summed E-state index contributed by atoms with van der Waals surface area (Å²) in [6.45, 7) is 1.80. The molecule has 5 rings (SSSR count). The molecule has 0 bridgehead atoms. The van der Waals surface area contributed by atoms with E-state index in [9.17, 15) is 5.11 Å². The Bertz CT molecular complexity index is 722. The summed E-state index contributed by atoms with van der Waals surface area (Å²) in [5.74, 6) is 2.57. The average Bonchev–Trinajstić information content (AvgIpc) is 3.12. The number of fused-ring (bicyclic) bond motifs is 1. The average molecular weight is 399 g/mol. The minimum Gasteiger partial charge on any atom is -0.375 e. The number of nitrogens with one attached hydrogen (secondary N) is 2. The number of rotatable bonds is 5.